The highest BCUT2D eigenvalue weighted by Gasteiger charge is 2.44. The van der Waals surface area contributed by atoms with Crippen molar-refractivity contribution in [3.63, 3.8) is 0 Å². The fourth-order valence-corrected chi connectivity index (χ4v) is 5.00. The number of ether oxygens (including phenoxy) is 1. The number of benzene rings is 1. The summed E-state index contributed by atoms with van der Waals surface area (Å²) in [6, 6.07) is 6.90. The molecule has 11 nitrogen and oxygen atoms in total. The predicted octanol–water partition coefficient (Wildman–Crippen LogP) is 2.42. The third-order valence-electron chi connectivity index (χ3n) is 7.04. The maximum Gasteiger partial charge on any atom is 0.278 e. The van der Waals surface area contributed by atoms with Crippen LogP contribution in [0.5, 0.6) is 0 Å². The predicted molar refractivity (Wildman–Crippen MR) is 144 cm³/mol. The number of aromatic nitrogens is 3. The number of carbonyl (C=O) groups excluding carboxylic acids is 2. The van der Waals surface area contributed by atoms with E-state index in [1.807, 2.05) is 22.4 Å². The lowest BCUT2D eigenvalue weighted by molar-refractivity contribution is -0.169. The number of hydrogen-bond donors (Lipinski definition) is 3. The zero-order valence-corrected chi connectivity index (χ0v) is 21.1. The van der Waals surface area contributed by atoms with Gasteiger partial charge in [0.2, 0.25) is 5.91 Å². The molecule has 2 amide bonds. The fourth-order valence-electron chi connectivity index (χ4n) is 5.00. The molecule has 3 aromatic rings. The van der Waals surface area contributed by atoms with Gasteiger partial charge in [-0.25, -0.2) is 9.97 Å². The van der Waals surface area contributed by atoms with Crippen LogP contribution in [-0.4, -0.2) is 69.4 Å². The standard InChI is InChI=1S/C27H30N8O3/c1-27(15-38-16-27)26(37)34-12-3-4-19(14-34)24-33-21(22-23(30)31-11-13-35(22)24)17-6-8-18(9-7-17)25(36)32-20(29)5-2-10-28/h2,5-11,13,19,28H,3-4,12,14-16H2,1H3,(H2,30,31)(H2,29,32,36)/b5-2-,28-10?/t19-/m1/s1. The first-order valence-electron chi connectivity index (χ1n) is 12.5. The van der Waals surface area contributed by atoms with Crippen LogP contribution in [0.4, 0.5) is 5.82 Å². The Morgan fingerprint density at radius 1 is 1.26 bits per heavy atom. The van der Waals surface area contributed by atoms with Crippen LogP contribution in [0.25, 0.3) is 16.8 Å². The first-order chi connectivity index (χ1) is 18.3. The number of amides is 2. The molecule has 0 aliphatic carbocycles. The molecule has 2 saturated heterocycles. The average molecular weight is 515 g/mol. The van der Waals surface area contributed by atoms with Gasteiger partial charge >= 0.3 is 0 Å². The van der Waals surface area contributed by atoms with Crippen LogP contribution < -0.4 is 11.5 Å². The smallest absolute Gasteiger partial charge is 0.278 e. The molecule has 0 radical (unpaired) electrons. The van der Waals surface area contributed by atoms with Gasteiger partial charge in [0.15, 0.2) is 0 Å². The van der Waals surface area contributed by atoms with Crippen LogP contribution >= 0.6 is 0 Å². The number of allylic oxidation sites excluding steroid dienone is 1. The summed E-state index contributed by atoms with van der Waals surface area (Å²) in [4.78, 5) is 40.7. The molecule has 0 saturated carbocycles. The number of nitrogens with one attached hydrogen (secondary N) is 1. The molecule has 2 aliphatic heterocycles. The van der Waals surface area contributed by atoms with Gasteiger partial charge in [0.1, 0.15) is 28.7 Å². The van der Waals surface area contributed by atoms with Gasteiger partial charge in [0, 0.05) is 48.7 Å². The average Bonchev–Trinajstić information content (AvgIpc) is 3.31. The number of piperidine rings is 1. The van der Waals surface area contributed by atoms with Crippen LogP contribution in [0, 0.1) is 10.8 Å². The van der Waals surface area contributed by atoms with Gasteiger partial charge in [-0.1, -0.05) is 12.1 Å². The lowest BCUT2D eigenvalue weighted by Gasteiger charge is -2.42. The van der Waals surface area contributed by atoms with E-state index in [2.05, 4.69) is 9.98 Å². The normalized spacial score (nSPS) is 19.4. The van der Waals surface area contributed by atoms with E-state index in [0.717, 1.165) is 37.0 Å². The van der Waals surface area contributed by atoms with Crippen molar-refractivity contribution in [2.24, 2.45) is 16.1 Å². The number of likely N-dealkylation sites (tertiary alicyclic amines) is 1. The maximum absolute atomic E-state index is 13.2. The number of nitrogens with two attached hydrogens (primary N) is 2. The summed E-state index contributed by atoms with van der Waals surface area (Å²) in [6.07, 6.45) is 9.10. The zero-order valence-electron chi connectivity index (χ0n) is 21.1. The summed E-state index contributed by atoms with van der Waals surface area (Å²) in [5.41, 5.74) is 14.1. The topological polar surface area (TPSA) is 165 Å². The first kappa shape index (κ1) is 25.3. The van der Waals surface area contributed by atoms with Crippen molar-refractivity contribution in [2.75, 3.05) is 32.0 Å². The van der Waals surface area contributed by atoms with E-state index in [1.54, 1.807) is 30.5 Å². The Morgan fingerprint density at radius 3 is 2.71 bits per heavy atom. The third kappa shape index (κ3) is 4.68. The van der Waals surface area contributed by atoms with Gasteiger partial charge in [-0.2, -0.15) is 4.99 Å². The van der Waals surface area contributed by atoms with Gasteiger partial charge in [0.05, 0.1) is 18.6 Å². The van der Waals surface area contributed by atoms with E-state index in [4.69, 9.17) is 26.6 Å². The molecule has 0 unspecified atom stereocenters. The summed E-state index contributed by atoms with van der Waals surface area (Å²) in [6.45, 7) is 4.18. The first-order valence-corrected chi connectivity index (χ1v) is 12.5. The lowest BCUT2D eigenvalue weighted by atomic mass is 9.85. The van der Waals surface area contributed by atoms with Crippen molar-refractivity contribution in [2.45, 2.75) is 25.7 Å². The van der Waals surface area contributed by atoms with Crippen molar-refractivity contribution in [1.29, 1.82) is 5.41 Å². The van der Waals surface area contributed by atoms with Crippen molar-refractivity contribution in [3.8, 4) is 11.3 Å². The maximum atomic E-state index is 13.2. The molecule has 2 fully saturated rings. The summed E-state index contributed by atoms with van der Waals surface area (Å²) in [7, 11) is 0. The van der Waals surface area contributed by atoms with E-state index >= 15 is 0 Å². The number of anilines is 1. The number of rotatable bonds is 6. The van der Waals surface area contributed by atoms with Crippen LogP contribution in [0.3, 0.4) is 0 Å². The van der Waals surface area contributed by atoms with Gasteiger partial charge in [0.25, 0.3) is 5.91 Å². The number of nitrogens with zero attached hydrogens (tertiary/aromatic N) is 5. The van der Waals surface area contributed by atoms with Gasteiger partial charge in [-0.05, 0) is 44.1 Å². The molecule has 11 heteroatoms. The SMILES string of the molecule is CC1(C(=O)N2CCC[C@@H](c3nc(-c4ccc(C(=O)N=C(N)/C=C\C=N)cc4)c4c(N)nccn34)C2)COC1. The van der Waals surface area contributed by atoms with Crippen molar-refractivity contribution in [3.05, 3.63) is 60.2 Å². The zero-order chi connectivity index (χ0) is 26.9. The molecule has 4 heterocycles. The van der Waals surface area contributed by atoms with Crippen molar-refractivity contribution >= 4 is 35.2 Å². The Labute approximate surface area is 219 Å². The third-order valence-corrected chi connectivity index (χ3v) is 7.04. The Bertz CT molecular complexity index is 1450. The highest BCUT2D eigenvalue weighted by molar-refractivity contribution is 6.07. The van der Waals surface area contributed by atoms with Crippen LogP contribution in [-0.2, 0) is 9.53 Å². The number of fused-ring (bicyclic) bond motifs is 1. The minimum absolute atomic E-state index is 0.0185. The highest BCUT2D eigenvalue weighted by atomic mass is 16.5. The summed E-state index contributed by atoms with van der Waals surface area (Å²) >= 11 is 0. The minimum atomic E-state index is -0.488. The molecule has 2 aromatic heterocycles. The molecule has 0 bridgehead atoms. The number of nitrogen functional groups attached to an aromatic ring is 1. The van der Waals surface area contributed by atoms with E-state index in [1.165, 1.54) is 12.2 Å². The second kappa shape index (κ2) is 10.2. The number of amidine groups is 1. The molecule has 2 aliphatic rings. The van der Waals surface area contributed by atoms with E-state index in [9.17, 15) is 9.59 Å². The van der Waals surface area contributed by atoms with E-state index in [-0.39, 0.29) is 17.7 Å². The summed E-state index contributed by atoms with van der Waals surface area (Å²) in [5, 5.41) is 7.00. The Balaban J connectivity index is 1.45. The van der Waals surface area contributed by atoms with Gasteiger partial charge in [-0.3, -0.25) is 14.0 Å². The molecule has 38 heavy (non-hydrogen) atoms. The molecule has 0 spiro atoms. The van der Waals surface area contributed by atoms with Crippen LogP contribution in [0.1, 0.15) is 41.9 Å². The minimum Gasteiger partial charge on any atom is -0.384 e. The second-order valence-electron chi connectivity index (χ2n) is 9.94. The monoisotopic (exact) mass is 514 g/mol. The number of imidazole rings is 1. The van der Waals surface area contributed by atoms with Crippen LogP contribution in [0.2, 0.25) is 0 Å². The summed E-state index contributed by atoms with van der Waals surface area (Å²) < 4.78 is 7.27. The Hall–Kier alpha value is -4.38. The molecular weight excluding hydrogens is 484 g/mol. The molecule has 5 rings (SSSR count). The Morgan fingerprint density at radius 2 is 2.03 bits per heavy atom. The highest BCUT2D eigenvalue weighted by Crippen LogP contribution is 2.36. The lowest BCUT2D eigenvalue weighted by Crippen LogP contribution is -2.55. The molecule has 1 atom stereocenters. The molecule has 5 N–H and O–H groups in total. The fraction of sp³-hybridized carbons (Fsp3) is 0.333. The van der Waals surface area contributed by atoms with E-state index < -0.39 is 11.3 Å². The Kier molecular flexibility index (Phi) is 6.77. The molecular formula is C27H30N8O3. The van der Waals surface area contributed by atoms with Gasteiger partial charge < -0.3 is 26.5 Å². The quantitative estimate of drug-likeness (QED) is 0.336. The van der Waals surface area contributed by atoms with E-state index in [0.29, 0.717) is 42.4 Å². The number of hydrogen-bond acceptors (Lipinski definition) is 7. The molecule has 196 valence electrons. The van der Waals surface area contributed by atoms with Crippen molar-refractivity contribution < 1.29 is 14.3 Å². The van der Waals surface area contributed by atoms with Crippen molar-refractivity contribution in [1.82, 2.24) is 19.3 Å². The second-order valence-corrected chi connectivity index (χ2v) is 9.94. The number of aliphatic imine (C=N–C) groups is 1. The van der Waals surface area contributed by atoms with Crippen LogP contribution in [0.15, 0.2) is 53.8 Å². The van der Waals surface area contributed by atoms with Gasteiger partial charge in [-0.15, -0.1) is 0 Å². The number of carbonyl (C=O) groups is 2. The largest absolute Gasteiger partial charge is 0.384 e. The summed E-state index contributed by atoms with van der Waals surface area (Å²) in [5.74, 6) is 0.870. The molecule has 1 aromatic carbocycles.